The topological polar surface area (TPSA) is 66.8 Å². The van der Waals surface area contributed by atoms with Gasteiger partial charge in [-0.1, -0.05) is 0 Å². The number of carbonyl (C=O) groups excluding carboxylic acids is 1. The molecule has 3 unspecified atom stereocenters. The Labute approximate surface area is 84.9 Å². The van der Waals surface area contributed by atoms with E-state index in [2.05, 4.69) is 4.74 Å². The fourth-order valence-electron chi connectivity index (χ4n) is 1.35. The zero-order chi connectivity index (χ0) is 11.1. The van der Waals surface area contributed by atoms with E-state index in [0.717, 1.165) is 0 Å². The third-order valence-corrected chi connectivity index (χ3v) is 2.09. The number of hydrogen-bond acceptors (Lipinski definition) is 4. The third kappa shape index (κ3) is 5.94. The van der Waals surface area contributed by atoms with Crippen LogP contribution < -0.4 is 0 Å². The van der Waals surface area contributed by atoms with E-state index in [4.69, 9.17) is 10.2 Å². The maximum absolute atomic E-state index is 11.2. The summed E-state index contributed by atoms with van der Waals surface area (Å²) in [5.41, 5.74) is 0. The van der Waals surface area contributed by atoms with Gasteiger partial charge in [-0.15, -0.1) is 0 Å². The maximum atomic E-state index is 11.2. The van der Waals surface area contributed by atoms with E-state index in [1.807, 2.05) is 0 Å². The molecule has 4 nitrogen and oxygen atoms in total. The van der Waals surface area contributed by atoms with Crippen LogP contribution in [0.3, 0.4) is 0 Å². The van der Waals surface area contributed by atoms with Gasteiger partial charge in [0.15, 0.2) is 0 Å². The van der Waals surface area contributed by atoms with Crippen LogP contribution in [0.5, 0.6) is 0 Å². The van der Waals surface area contributed by atoms with E-state index in [-0.39, 0.29) is 11.9 Å². The van der Waals surface area contributed by atoms with Gasteiger partial charge < -0.3 is 14.9 Å². The van der Waals surface area contributed by atoms with Crippen molar-refractivity contribution in [2.24, 2.45) is 5.92 Å². The molecule has 4 heteroatoms. The summed E-state index contributed by atoms with van der Waals surface area (Å²) in [4.78, 5) is 11.2. The molecule has 0 aromatic carbocycles. The quantitative estimate of drug-likeness (QED) is 0.625. The summed E-state index contributed by atoms with van der Waals surface area (Å²) in [6.45, 7) is 3.31. The van der Waals surface area contributed by atoms with E-state index >= 15 is 0 Å². The molecule has 0 bridgehead atoms. The van der Waals surface area contributed by atoms with Crippen LogP contribution in [0, 0.1) is 5.92 Å². The predicted molar refractivity (Wildman–Crippen MR) is 52.7 cm³/mol. The van der Waals surface area contributed by atoms with Gasteiger partial charge in [0.2, 0.25) is 0 Å². The van der Waals surface area contributed by atoms with E-state index in [1.54, 1.807) is 13.8 Å². The van der Waals surface area contributed by atoms with Crippen LogP contribution >= 0.6 is 0 Å². The Bertz CT molecular complexity index is 166. The first-order chi connectivity index (χ1) is 6.47. The molecule has 0 aromatic heterocycles. The Kier molecular flexibility index (Phi) is 6.49. The minimum atomic E-state index is -0.520. The molecule has 0 aromatic rings. The number of methoxy groups -OCH3 is 1. The molecule has 0 aliphatic carbocycles. The number of carbonyl (C=O) groups is 1. The van der Waals surface area contributed by atoms with Gasteiger partial charge in [-0.2, -0.15) is 0 Å². The van der Waals surface area contributed by atoms with Gasteiger partial charge in [-0.25, -0.2) is 0 Å². The summed E-state index contributed by atoms with van der Waals surface area (Å²) in [5.74, 6) is -0.624. The second kappa shape index (κ2) is 6.79. The minimum absolute atomic E-state index is 0.311. The predicted octanol–water partition coefficient (Wildman–Crippen LogP) is 0.707. The van der Waals surface area contributed by atoms with Crippen molar-refractivity contribution in [2.75, 3.05) is 7.11 Å². The fraction of sp³-hybridized carbons (Fsp3) is 0.900. The molecule has 0 fully saturated rings. The van der Waals surface area contributed by atoms with Gasteiger partial charge in [-0.3, -0.25) is 4.79 Å². The highest BCUT2D eigenvalue weighted by Crippen LogP contribution is 2.16. The average Bonchev–Trinajstić information content (AvgIpc) is 2.10. The van der Waals surface area contributed by atoms with Gasteiger partial charge in [0.1, 0.15) is 0 Å². The van der Waals surface area contributed by atoms with Crippen LogP contribution in [0.15, 0.2) is 0 Å². The molecular weight excluding hydrogens is 184 g/mol. The molecule has 0 spiro atoms. The van der Waals surface area contributed by atoms with Crippen molar-refractivity contribution < 1.29 is 19.7 Å². The molecular formula is C10H20O4. The van der Waals surface area contributed by atoms with Gasteiger partial charge in [0.25, 0.3) is 0 Å². The van der Waals surface area contributed by atoms with Crippen molar-refractivity contribution in [3.63, 3.8) is 0 Å². The minimum Gasteiger partial charge on any atom is -0.469 e. The second-order valence-corrected chi connectivity index (χ2v) is 3.73. The van der Waals surface area contributed by atoms with Crippen molar-refractivity contribution in [1.29, 1.82) is 0 Å². The molecule has 0 aliphatic rings. The first kappa shape index (κ1) is 13.4. The zero-order valence-corrected chi connectivity index (χ0v) is 9.06. The van der Waals surface area contributed by atoms with Crippen molar-refractivity contribution in [3.8, 4) is 0 Å². The molecule has 0 rings (SSSR count). The molecule has 3 atom stereocenters. The molecule has 0 saturated heterocycles. The normalized spacial score (nSPS) is 17.2. The second-order valence-electron chi connectivity index (χ2n) is 3.73. The highest BCUT2D eigenvalue weighted by molar-refractivity contribution is 5.72. The number of rotatable bonds is 6. The van der Waals surface area contributed by atoms with Crippen LogP contribution in [0.1, 0.15) is 33.1 Å². The zero-order valence-electron chi connectivity index (χ0n) is 9.06. The van der Waals surface area contributed by atoms with E-state index in [9.17, 15) is 4.79 Å². The highest BCUT2D eigenvalue weighted by Gasteiger charge is 2.21. The average molecular weight is 204 g/mol. The molecule has 2 N–H and O–H groups in total. The van der Waals surface area contributed by atoms with Crippen molar-refractivity contribution in [1.82, 2.24) is 0 Å². The Morgan fingerprint density at radius 1 is 1.21 bits per heavy atom. The number of esters is 1. The number of aliphatic hydroxyl groups is 2. The molecule has 0 heterocycles. The molecule has 0 saturated carbocycles. The SMILES string of the molecule is COC(=O)C(CCC(C)O)CC(C)O. The number of ether oxygens (including phenoxy) is 1. The van der Waals surface area contributed by atoms with Crippen molar-refractivity contribution in [3.05, 3.63) is 0 Å². The summed E-state index contributed by atoms with van der Waals surface area (Å²) >= 11 is 0. The first-order valence-corrected chi connectivity index (χ1v) is 4.91. The van der Waals surface area contributed by atoms with Crippen LogP contribution in [0.25, 0.3) is 0 Å². The van der Waals surface area contributed by atoms with Crippen molar-refractivity contribution >= 4 is 5.97 Å². The smallest absolute Gasteiger partial charge is 0.308 e. The maximum Gasteiger partial charge on any atom is 0.308 e. The van der Waals surface area contributed by atoms with E-state index in [1.165, 1.54) is 7.11 Å². The van der Waals surface area contributed by atoms with E-state index < -0.39 is 12.2 Å². The number of hydrogen-bond donors (Lipinski definition) is 2. The van der Waals surface area contributed by atoms with Gasteiger partial charge in [0.05, 0.1) is 25.2 Å². The lowest BCUT2D eigenvalue weighted by atomic mass is 9.95. The monoisotopic (exact) mass is 204 g/mol. The lowest BCUT2D eigenvalue weighted by molar-refractivity contribution is -0.146. The summed E-state index contributed by atoms with van der Waals surface area (Å²) < 4.78 is 4.61. The van der Waals surface area contributed by atoms with Gasteiger partial charge in [-0.05, 0) is 33.1 Å². The van der Waals surface area contributed by atoms with E-state index in [0.29, 0.717) is 19.3 Å². The Morgan fingerprint density at radius 3 is 2.14 bits per heavy atom. The Morgan fingerprint density at radius 2 is 1.79 bits per heavy atom. The fourth-order valence-corrected chi connectivity index (χ4v) is 1.35. The third-order valence-electron chi connectivity index (χ3n) is 2.09. The molecule has 14 heavy (non-hydrogen) atoms. The van der Waals surface area contributed by atoms with Crippen LogP contribution in [0.4, 0.5) is 0 Å². The highest BCUT2D eigenvalue weighted by atomic mass is 16.5. The summed E-state index contributed by atoms with van der Waals surface area (Å²) in [6, 6.07) is 0. The molecule has 0 amide bonds. The summed E-state index contributed by atoms with van der Waals surface area (Å²) in [6.07, 6.45) is 0.547. The van der Waals surface area contributed by atoms with Crippen LogP contribution in [0.2, 0.25) is 0 Å². The van der Waals surface area contributed by atoms with Crippen molar-refractivity contribution in [2.45, 2.75) is 45.3 Å². The van der Waals surface area contributed by atoms with Crippen LogP contribution in [-0.2, 0) is 9.53 Å². The lowest BCUT2D eigenvalue weighted by Gasteiger charge is -2.16. The largest absolute Gasteiger partial charge is 0.469 e. The van der Waals surface area contributed by atoms with Gasteiger partial charge >= 0.3 is 5.97 Å². The lowest BCUT2D eigenvalue weighted by Crippen LogP contribution is -2.22. The summed E-state index contributed by atoms with van der Waals surface area (Å²) in [5, 5.41) is 18.2. The Balaban J connectivity index is 4.04. The first-order valence-electron chi connectivity index (χ1n) is 4.91. The van der Waals surface area contributed by atoms with Gasteiger partial charge in [0, 0.05) is 0 Å². The molecule has 0 aliphatic heterocycles. The number of aliphatic hydroxyl groups excluding tert-OH is 2. The van der Waals surface area contributed by atoms with Crippen LogP contribution in [-0.4, -0.2) is 35.5 Å². The molecule has 84 valence electrons. The summed E-state index contributed by atoms with van der Waals surface area (Å²) in [7, 11) is 1.33. The standard InChI is InChI=1S/C10H20O4/c1-7(11)4-5-9(6-8(2)12)10(13)14-3/h7-9,11-12H,4-6H2,1-3H3. The molecule has 0 radical (unpaired) electrons. The Hall–Kier alpha value is -0.610.